The average Bonchev–Trinajstić information content (AvgIpc) is 2.74. The third kappa shape index (κ3) is 6.49. The number of unbranched alkanes of at least 4 members (excludes halogenated alkanes) is 2. The summed E-state index contributed by atoms with van der Waals surface area (Å²) in [6, 6.07) is 4.37. The molecule has 5 heteroatoms. The highest BCUT2D eigenvalue weighted by atomic mass is 19.4. The largest absolute Gasteiger partial charge is 0.426 e. The minimum absolute atomic E-state index is 0.131. The van der Waals surface area contributed by atoms with E-state index in [1.54, 1.807) is 0 Å². The molecule has 0 heterocycles. The van der Waals surface area contributed by atoms with E-state index in [-0.39, 0.29) is 17.6 Å². The molecule has 0 unspecified atom stereocenters. The number of carbonyl (C=O) groups is 1. The minimum atomic E-state index is -4.38. The predicted molar refractivity (Wildman–Crippen MR) is 112 cm³/mol. The van der Waals surface area contributed by atoms with Crippen LogP contribution in [0.2, 0.25) is 0 Å². The highest BCUT2D eigenvalue weighted by Gasteiger charge is 2.34. The Morgan fingerprint density at radius 1 is 0.900 bits per heavy atom. The van der Waals surface area contributed by atoms with Crippen molar-refractivity contribution in [3.63, 3.8) is 0 Å². The lowest BCUT2D eigenvalue weighted by Gasteiger charge is -2.37. The average molecular weight is 425 g/mol. The van der Waals surface area contributed by atoms with Gasteiger partial charge in [-0.25, -0.2) is 0 Å². The number of hydrogen-bond acceptors (Lipinski definition) is 2. The first-order valence-corrected chi connectivity index (χ1v) is 11.8. The first kappa shape index (κ1) is 23.1. The lowest BCUT2D eigenvalue weighted by molar-refractivity contribution is -0.140. The highest BCUT2D eigenvalue weighted by Crippen LogP contribution is 2.42. The van der Waals surface area contributed by atoms with Gasteiger partial charge in [-0.1, -0.05) is 45.4 Å². The van der Waals surface area contributed by atoms with E-state index in [1.807, 2.05) is 0 Å². The second kappa shape index (κ2) is 10.7. The van der Waals surface area contributed by atoms with Crippen LogP contribution in [0.5, 0.6) is 5.75 Å². The maximum Gasteiger partial charge on any atom is 0.416 e. The van der Waals surface area contributed by atoms with Gasteiger partial charge in [0, 0.05) is 0 Å². The zero-order chi connectivity index (χ0) is 21.6. The molecule has 0 saturated heterocycles. The number of rotatable bonds is 7. The zero-order valence-electron chi connectivity index (χ0n) is 18.1. The maximum atomic E-state index is 12.6. The Balaban J connectivity index is 1.39. The molecule has 0 aromatic heterocycles. The van der Waals surface area contributed by atoms with Gasteiger partial charge in [-0.15, -0.1) is 0 Å². The molecule has 3 rings (SSSR count). The van der Waals surface area contributed by atoms with Gasteiger partial charge in [-0.05, 0) is 80.5 Å². The first-order chi connectivity index (χ1) is 14.4. The summed E-state index contributed by atoms with van der Waals surface area (Å²) in [6.07, 6.45) is 10.2. The summed E-state index contributed by atoms with van der Waals surface area (Å²) in [7, 11) is 0. The molecule has 2 aliphatic carbocycles. The van der Waals surface area contributed by atoms with Gasteiger partial charge in [-0.3, -0.25) is 4.79 Å². The van der Waals surface area contributed by atoms with Crippen molar-refractivity contribution in [3.8, 4) is 5.75 Å². The molecule has 0 N–H and O–H groups in total. The van der Waals surface area contributed by atoms with Crippen molar-refractivity contribution in [2.24, 2.45) is 23.7 Å². The van der Waals surface area contributed by atoms with E-state index in [0.29, 0.717) is 0 Å². The molecule has 168 valence electrons. The molecule has 0 amide bonds. The molecular weight excluding hydrogens is 389 g/mol. The van der Waals surface area contributed by atoms with E-state index in [4.69, 9.17) is 4.74 Å². The second-order valence-electron chi connectivity index (χ2n) is 9.33. The summed E-state index contributed by atoms with van der Waals surface area (Å²) in [5.41, 5.74) is -0.733. The van der Waals surface area contributed by atoms with E-state index in [2.05, 4.69) is 6.92 Å². The van der Waals surface area contributed by atoms with Gasteiger partial charge in [0.1, 0.15) is 5.75 Å². The summed E-state index contributed by atoms with van der Waals surface area (Å²) in [4.78, 5) is 12.5. The van der Waals surface area contributed by atoms with Gasteiger partial charge in [0.05, 0.1) is 11.5 Å². The van der Waals surface area contributed by atoms with Gasteiger partial charge >= 0.3 is 12.1 Å². The van der Waals surface area contributed by atoms with Crippen molar-refractivity contribution in [2.45, 2.75) is 90.1 Å². The third-order valence-corrected chi connectivity index (χ3v) is 7.28. The second-order valence-corrected chi connectivity index (χ2v) is 9.33. The Labute approximate surface area is 178 Å². The van der Waals surface area contributed by atoms with Crippen LogP contribution in [0.4, 0.5) is 13.2 Å². The van der Waals surface area contributed by atoms with Gasteiger partial charge < -0.3 is 4.74 Å². The van der Waals surface area contributed by atoms with Crippen molar-refractivity contribution in [2.75, 3.05) is 0 Å². The van der Waals surface area contributed by atoms with E-state index in [1.165, 1.54) is 63.5 Å². The Bertz CT molecular complexity index is 652. The van der Waals surface area contributed by atoms with Crippen LogP contribution in [-0.4, -0.2) is 5.97 Å². The molecule has 0 spiro atoms. The fourth-order valence-corrected chi connectivity index (χ4v) is 5.37. The van der Waals surface area contributed by atoms with Crippen LogP contribution in [0, 0.1) is 23.7 Å². The highest BCUT2D eigenvalue weighted by molar-refractivity contribution is 5.75. The Hall–Kier alpha value is -1.52. The number of esters is 1. The molecule has 2 saturated carbocycles. The minimum Gasteiger partial charge on any atom is -0.426 e. The zero-order valence-corrected chi connectivity index (χ0v) is 18.1. The Kier molecular flexibility index (Phi) is 8.24. The monoisotopic (exact) mass is 424 g/mol. The molecule has 0 bridgehead atoms. The van der Waals surface area contributed by atoms with Gasteiger partial charge in [0.25, 0.3) is 0 Å². The molecule has 0 atom stereocenters. The summed E-state index contributed by atoms with van der Waals surface area (Å²) >= 11 is 0. The summed E-state index contributed by atoms with van der Waals surface area (Å²) in [5.74, 6) is 2.21. The fourth-order valence-electron chi connectivity index (χ4n) is 5.37. The van der Waals surface area contributed by atoms with Crippen molar-refractivity contribution < 1.29 is 22.7 Å². The molecule has 2 aliphatic rings. The van der Waals surface area contributed by atoms with Crippen LogP contribution in [0.25, 0.3) is 0 Å². The number of carbonyl (C=O) groups excluding carboxylic acids is 1. The molecule has 30 heavy (non-hydrogen) atoms. The Morgan fingerprint density at radius 2 is 1.47 bits per heavy atom. The number of alkyl halides is 3. The third-order valence-electron chi connectivity index (χ3n) is 7.28. The van der Waals surface area contributed by atoms with Crippen LogP contribution < -0.4 is 4.74 Å². The van der Waals surface area contributed by atoms with Crippen LogP contribution in [0.3, 0.4) is 0 Å². The van der Waals surface area contributed by atoms with E-state index >= 15 is 0 Å². The molecule has 2 nitrogen and oxygen atoms in total. The fraction of sp³-hybridized carbons (Fsp3) is 0.720. The quantitative estimate of drug-likeness (QED) is 0.253. The molecule has 0 aliphatic heterocycles. The molecule has 1 aromatic rings. The van der Waals surface area contributed by atoms with Crippen LogP contribution in [0.1, 0.15) is 89.5 Å². The van der Waals surface area contributed by atoms with Gasteiger partial charge in [-0.2, -0.15) is 13.2 Å². The predicted octanol–water partition coefficient (Wildman–Crippen LogP) is 7.80. The van der Waals surface area contributed by atoms with Crippen molar-refractivity contribution in [3.05, 3.63) is 29.8 Å². The smallest absolute Gasteiger partial charge is 0.416 e. The van der Waals surface area contributed by atoms with Gasteiger partial charge in [0.15, 0.2) is 0 Å². The molecule has 1 aromatic carbocycles. The maximum absolute atomic E-state index is 12.6. The van der Waals surface area contributed by atoms with Gasteiger partial charge in [0.2, 0.25) is 0 Å². The topological polar surface area (TPSA) is 26.3 Å². The summed E-state index contributed by atoms with van der Waals surface area (Å²) < 4.78 is 43.3. The number of hydrogen-bond donors (Lipinski definition) is 0. The number of ether oxygens (including phenoxy) is 1. The van der Waals surface area contributed by atoms with E-state index in [0.717, 1.165) is 55.6 Å². The van der Waals surface area contributed by atoms with E-state index in [9.17, 15) is 18.0 Å². The van der Waals surface area contributed by atoms with Crippen LogP contribution >= 0.6 is 0 Å². The van der Waals surface area contributed by atoms with Crippen LogP contribution in [-0.2, 0) is 11.0 Å². The van der Waals surface area contributed by atoms with E-state index < -0.39 is 11.7 Å². The lowest BCUT2D eigenvalue weighted by Crippen LogP contribution is -2.30. The molecule has 0 radical (unpaired) electrons. The van der Waals surface area contributed by atoms with Crippen molar-refractivity contribution in [1.29, 1.82) is 0 Å². The molecule has 2 fully saturated rings. The summed E-state index contributed by atoms with van der Waals surface area (Å²) in [5, 5.41) is 0. The number of halogens is 3. The Morgan fingerprint density at radius 3 is 2.00 bits per heavy atom. The van der Waals surface area contributed by atoms with Crippen LogP contribution in [0.15, 0.2) is 24.3 Å². The van der Waals surface area contributed by atoms with Crippen molar-refractivity contribution >= 4 is 5.97 Å². The summed E-state index contributed by atoms with van der Waals surface area (Å²) in [6.45, 7) is 2.26. The number of benzene rings is 1. The standard InChI is InChI=1S/C25H35F3O2/c1-2-3-4-5-18-6-8-19(9-7-18)20-10-12-21(13-11-20)24(29)30-23-16-14-22(15-17-23)25(26,27)28/h14-21H,2-13H2,1H3. The van der Waals surface area contributed by atoms with Crippen molar-refractivity contribution in [1.82, 2.24) is 0 Å². The normalized spacial score (nSPS) is 27.6. The lowest BCUT2D eigenvalue weighted by atomic mass is 9.68. The SMILES string of the molecule is CCCCCC1CCC(C2CCC(C(=O)Oc3ccc(C(F)(F)F)cc3)CC2)CC1. The molecular formula is C25H35F3O2. The first-order valence-electron chi connectivity index (χ1n) is 11.8.